The van der Waals surface area contributed by atoms with Crippen LogP contribution in [0.4, 0.5) is 5.95 Å². The van der Waals surface area contributed by atoms with E-state index in [0.29, 0.717) is 6.54 Å². The Morgan fingerprint density at radius 2 is 2.11 bits per heavy atom. The number of piperazine rings is 1. The summed E-state index contributed by atoms with van der Waals surface area (Å²) in [6.07, 6.45) is 4.05. The van der Waals surface area contributed by atoms with E-state index in [9.17, 15) is 4.79 Å². The Morgan fingerprint density at radius 3 is 2.72 bits per heavy atom. The Hall–Kier alpha value is -1.56. The molecule has 2 heterocycles. The molecule has 1 aromatic rings. The van der Waals surface area contributed by atoms with E-state index in [0.717, 1.165) is 38.7 Å². The molecule has 1 aliphatic heterocycles. The lowest BCUT2D eigenvalue weighted by molar-refractivity contribution is -0.137. The molecule has 1 aromatic heterocycles. The molecule has 1 fully saturated rings. The standard InChI is InChI=1S/C12H20N4O2/c1-2-15-6-4-13-12(15)16-9-7-14(8-10-16)5-3-11(17)18/h4,6H,2-3,5,7-10H2,1H3,(H,17,18). The third kappa shape index (κ3) is 3.01. The van der Waals surface area contributed by atoms with Crippen LogP contribution in [-0.2, 0) is 11.3 Å². The van der Waals surface area contributed by atoms with Gasteiger partial charge in [-0.25, -0.2) is 4.98 Å². The predicted molar refractivity (Wildman–Crippen MR) is 68.8 cm³/mol. The fourth-order valence-corrected chi connectivity index (χ4v) is 2.26. The quantitative estimate of drug-likeness (QED) is 0.827. The van der Waals surface area contributed by atoms with Gasteiger partial charge in [0.1, 0.15) is 0 Å². The maximum absolute atomic E-state index is 10.5. The predicted octanol–water partition coefficient (Wildman–Crippen LogP) is 0.500. The molecule has 0 aliphatic carbocycles. The molecule has 18 heavy (non-hydrogen) atoms. The molecule has 0 radical (unpaired) electrons. The van der Waals surface area contributed by atoms with Gasteiger partial charge >= 0.3 is 5.97 Å². The van der Waals surface area contributed by atoms with E-state index >= 15 is 0 Å². The van der Waals surface area contributed by atoms with E-state index in [-0.39, 0.29) is 6.42 Å². The van der Waals surface area contributed by atoms with Gasteiger partial charge in [-0.15, -0.1) is 0 Å². The molecule has 100 valence electrons. The normalized spacial score (nSPS) is 17.1. The molecule has 0 atom stereocenters. The largest absolute Gasteiger partial charge is 0.481 e. The van der Waals surface area contributed by atoms with Crippen LogP contribution in [0.15, 0.2) is 12.4 Å². The Labute approximate surface area is 107 Å². The smallest absolute Gasteiger partial charge is 0.304 e. The van der Waals surface area contributed by atoms with Crippen molar-refractivity contribution in [3.05, 3.63) is 12.4 Å². The minimum atomic E-state index is -0.723. The lowest BCUT2D eigenvalue weighted by Gasteiger charge is -2.35. The van der Waals surface area contributed by atoms with Crippen molar-refractivity contribution in [1.82, 2.24) is 14.5 Å². The fraction of sp³-hybridized carbons (Fsp3) is 0.667. The Kier molecular flexibility index (Phi) is 4.19. The van der Waals surface area contributed by atoms with Crippen molar-refractivity contribution in [3.8, 4) is 0 Å². The summed E-state index contributed by atoms with van der Waals surface area (Å²) in [5.41, 5.74) is 0. The molecule has 6 nitrogen and oxygen atoms in total. The molecule has 6 heteroatoms. The first-order valence-corrected chi connectivity index (χ1v) is 6.41. The first-order chi connectivity index (χ1) is 8.70. The summed E-state index contributed by atoms with van der Waals surface area (Å²) in [4.78, 5) is 19.4. The van der Waals surface area contributed by atoms with Crippen LogP contribution in [0.25, 0.3) is 0 Å². The Bertz CT molecular complexity index is 397. The van der Waals surface area contributed by atoms with Gasteiger partial charge < -0.3 is 14.6 Å². The number of carbonyl (C=O) groups is 1. The van der Waals surface area contributed by atoms with Crippen LogP contribution in [0.5, 0.6) is 0 Å². The van der Waals surface area contributed by atoms with Crippen LogP contribution >= 0.6 is 0 Å². The Morgan fingerprint density at radius 1 is 1.39 bits per heavy atom. The van der Waals surface area contributed by atoms with Crippen molar-refractivity contribution >= 4 is 11.9 Å². The number of carboxylic acid groups (broad SMARTS) is 1. The number of aryl methyl sites for hydroxylation is 1. The number of rotatable bonds is 5. The summed E-state index contributed by atoms with van der Waals surface area (Å²) in [6, 6.07) is 0. The second kappa shape index (κ2) is 5.86. The number of hydrogen-bond donors (Lipinski definition) is 1. The third-order valence-electron chi connectivity index (χ3n) is 3.33. The summed E-state index contributed by atoms with van der Waals surface area (Å²) in [6.45, 7) is 7.31. The van der Waals surface area contributed by atoms with Gasteiger partial charge in [0.05, 0.1) is 6.42 Å². The van der Waals surface area contributed by atoms with E-state index in [1.54, 1.807) is 0 Å². The van der Waals surface area contributed by atoms with Crippen molar-refractivity contribution in [2.24, 2.45) is 0 Å². The molecule has 1 aliphatic rings. The average Bonchev–Trinajstić information content (AvgIpc) is 2.85. The number of nitrogens with zero attached hydrogens (tertiary/aromatic N) is 4. The zero-order valence-electron chi connectivity index (χ0n) is 10.7. The molecular formula is C12H20N4O2. The van der Waals surface area contributed by atoms with Crippen LogP contribution in [0.1, 0.15) is 13.3 Å². The van der Waals surface area contributed by atoms with Gasteiger partial charge in [0.25, 0.3) is 0 Å². The van der Waals surface area contributed by atoms with Crippen LogP contribution in [0, 0.1) is 0 Å². The van der Waals surface area contributed by atoms with Crippen molar-refractivity contribution in [3.63, 3.8) is 0 Å². The molecule has 0 aromatic carbocycles. The van der Waals surface area contributed by atoms with E-state index in [2.05, 4.69) is 26.3 Å². The molecule has 0 unspecified atom stereocenters. The summed E-state index contributed by atoms with van der Waals surface area (Å²) >= 11 is 0. The lowest BCUT2D eigenvalue weighted by atomic mass is 10.3. The van der Waals surface area contributed by atoms with E-state index in [1.165, 1.54) is 0 Å². The van der Waals surface area contributed by atoms with Crippen LogP contribution < -0.4 is 4.90 Å². The highest BCUT2D eigenvalue weighted by Gasteiger charge is 2.20. The van der Waals surface area contributed by atoms with E-state index in [4.69, 9.17) is 5.11 Å². The van der Waals surface area contributed by atoms with Crippen molar-refractivity contribution in [2.45, 2.75) is 19.9 Å². The molecular weight excluding hydrogens is 232 g/mol. The van der Waals surface area contributed by atoms with Crippen molar-refractivity contribution in [2.75, 3.05) is 37.6 Å². The minimum Gasteiger partial charge on any atom is -0.481 e. The summed E-state index contributed by atoms with van der Waals surface area (Å²) in [5.74, 6) is 0.300. The number of aromatic nitrogens is 2. The van der Waals surface area contributed by atoms with Gasteiger partial charge in [0.15, 0.2) is 0 Å². The number of aliphatic carboxylic acids is 1. The zero-order valence-corrected chi connectivity index (χ0v) is 10.7. The second-order valence-corrected chi connectivity index (χ2v) is 4.49. The maximum Gasteiger partial charge on any atom is 0.304 e. The highest BCUT2D eigenvalue weighted by molar-refractivity contribution is 5.66. The van der Waals surface area contributed by atoms with Crippen molar-refractivity contribution in [1.29, 1.82) is 0 Å². The SMILES string of the molecule is CCn1ccnc1N1CCN(CCC(=O)O)CC1. The van der Waals surface area contributed by atoms with Crippen molar-refractivity contribution < 1.29 is 9.90 Å². The minimum absolute atomic E-state index is 0.226. The average molecular weight is 252 g/mol. The van der Waals surface area contributed by atoms with E-state index in [1.807, 2.05) is 12.4 Å². The molecule has 0 spiro atoms. The maximum atomic E-state index is 10.5. The lowest BCUT2D eigenvalue weighted by Crippen LogP contribution is -2.47. The molecule has 2 rings (SSSR count). The van der Waals surface area contributed by atoms with Gasteiger partial charge in [0, 0.05) is 51.7 Å². The van der Waals surface area contributed by atoms with Gasteiger partial charge in [-0.3, -0.25) is 9.69 Å². The molecule has 0 amide bonds. The highest BCUT2D eigenvalue weighted by atomic mass is 16.4. The van der Waals surface area contributed by atoms with Gasteiger partial charge in [-0.2, -0.15) is 0 Å². The molecule has 0 saturated carbocycles. The monoisotopic (exact) mass is 252 g/mol. The molecule has 0 bridgehead atoms. The highest BCUT2D eigenvalue weighted by Crippen LogP contribution is 2.14. The van der Waals surface area contributed by atoms with Gasteiger partial charge in [-0.05, 0) is 6.92 Å². The fourth-order valence-electron chi connectivity index (χ4n) is 2.26. The molecule has 1 N–H and O–H groups in total. The number of hydrogen-bond acceptors (Lipinski definition) is 4. The van der Waals surface area contributed by atoms with Crippen LogP contribution in [0.3, 0.4) is 0 Å². The Balaban J connectivity index is 1.85. The number of anilines is 1. The first-order valence-electron chi connectivity index (χ1n) is 6.41. The van der Waals surface area contributed by atoms with Gasteiger partial charge in [0.2, 0.25) is 5.95 Å². The van der Waals surface area contributed by atoms with E-state index < -0.39 is 5.97 Å². The summed E-state index contributed by atoms with van der Waals surface area (Å²) < 4.78 is 2.13. The number of carboxylic acids is 1. The topological polar surface area (TPSA) is 61.6 Å². The van der Waals surface area contributed by atoms with Crippen LogP contribution in [0.2, 0.25) is 0 Å². The third-order valence-corrected chi connectivity index (χ3v) is 3.33. The van der Waals surface area contributed by atoms with Gasteiger partial charge in [-0.1, -0.05) is 0 Å². The summed E-state index contributed by atoms with van der Waals surface area (Å²) in [5, 5.41) is 8.66. The summed E-state index contributed by atoms with van der Waals surface area (Å²) in [7, 11) is 0. The second-order valence-electron chi connectivity index (χ2n) is 4.49. The first kappa shape index (κ1) is 12.9. The zero-order chi connectivity index (χ0) is 13.0. The molecule has 1 saturated heterocycles. The number of imidazole rings is 1. The van der Waals surface area contributed by atoms with Crippen LogP contribution in [-0.4, -0.2) is 58.3 Å².